The fourth-order valence-electron chi connectivity index (χ4n) is 1.08. The van der Waals surface area contributed by atoms with Gasteiger partial charge in [0.1, 0.15) is 0 Å². The normalized spacial score (nSPS) is 9.54. The zero-order valence-electron chi connectivity index (χ0n) is 8.57. The minimum Gasteiger partial charge on any atom is -0.288 e. The standard InChI is InChI=1S/C8H9N3.C2H6/c1-6-3-4-11-7(2)5-9-8(11)10-6;1-2/h3-5H,1-2H3;1-2H3. The molecular formula is C10H15N3. The second kappa shape index (κ2) is 4.03. The quantitative estimate of drug-likeness (QED) is 0.618. The maximum atomic E-state index is 4.25. The SMILES string of the molecule is CC.Cc1ccn2c(C)cnc2n1. The van der Waals surface area contributed by atoms with Gasteiger partial charge in [0.2, 0.25) is 5.78 Å². The summed E-state index contributed by atoms with van der Waals surface area (Å²) in [6, 6.07) is 1.97. The smallest absolute Gasteiger partial charge is 0.234 e. The van der Waals surface area contributed by atoms with Crippen molar-refractivity contribution in [3.63, 3.8) is 0 Å². The van der Waals surface area contributed by atoms with E-state index < -0.39 is 0 Å². The molecule has 3 heteroatoms. The van der Waals surface area contributed by atoms with E-state index in [-0.39, 0.29) is 0 Å². The van der Waals surface area contributed by atoms with Gasteiger partial charge < -0.3 is 0 Å². The van der Waals surface area contributed by atoms with Crippen molar-refractivity contribution in [2.45, 2.75) is 27.7 Å². The molecule has 13 heavy (non-hydrogen) atoms. The monoisotopic (exact) mass is 177 g/mol. The van der Waals surface area contributed by atoms with Gasteiger partial charge in [0.15, 0.2) is 0 Å². The van der Waals surface area contributed by atoms with E-state index in [1.54, 1.807) is 0 Å². The Bertz CT molecular complexity index is 390. The Hall–Kier alpha value is -1.38. The van der Waals surface area contributed by atoms with E-state index in [1.807, 2.05) is 50.6 Å². The molecule has 0 saturated heterocycles. The van der Waals surface area contributed by atoms with Crippen LogP contribution in [0.5, 0.6) is 0 Å². The Labute approximate surface area is 78.5 Å². The van der Waals surface area contributed by atoms with Crippen molar-refractivity contribution in [3.05, 3.63) is 29.8 Å². The lowest BCUT2D eigenvalue weighted by Gasteiger charge is -1.94. The summed E-state index contributed by atoms with van der Waals surface area (Å²) in [6.07, 6.45) is 3.81. The molecule has 0 bridgehead atoms. The van der Waals surface area contributed by atoms with Crippen LogP contribution in [0.4, 0.5) is 0 Å². The van der Waals surface area contributed by atoms with Crippen molar-refractivity contribution in [1.29, 1.82) is 0 Å². The summed E-state index contributed by atoms with van der Waals surface area (Å²) in [6.45, 7) is 7.97. The predicted molar refractivity (Wildman–Crippen MR) is 53.8 cm³/mol. The van der Waals surface area contributed by atoms with Crippen LogP contribution in [0.25, 0.3) is 5.78 Å². The summed E-state index contributed by atoms with van der Waals surface area (Å²) in [5, 5.41) is 0. The van der Waals surface area contributed by atoms with E-state index >= 15 is 0 Å². The largest absolute Gasteiger partial charge is 0.288 e. The van der Waals surface area contributed by atoms with Crippen molar-refractivity contribution in [3.8, 4) is 0 Å². The van der Waals surface area contributed by atoms with Gasteiger partial charge in [-0.15, -0.1) is 0 Å². The lowest BCUT2D eigenvalue weighted by molar-refractivity contribution is 1.04. The van der Waals surface area contributed by atoms with Gasteiger partial charge in [0.25, 0.3) is 0 Å². The number of rotatable bonds is 0. The lowest BCUT2D eigenvalue weighted by Crippen LogP contribution is -1.91. The first-order chi connectivity index (χ1) is 6.27. The highest BCUT2D eigenvalue weighted by Crippen LogP contribution is 2.02. The molecule has 2 aromatic rings. The summed E-state index contributed by atoms with van der Waals surface area (Å²) in [7, 11) is 0. The minimum atomic E-state index is 0.780. The summed E-state index contributed by atoms with van der Waals surface area (Å²) in [5.74, 6) is 0.780. The molecule has 2 rings (SSSR count). The van der Waals surface area contributed by atoms with Crippen molar-refractivity contribution in [2.24, 2.45) is 0 Å². The van der Waals surface area contributed by atoms with E-state index in [1.165, 1.54) is 0 Å². The highest BCUT2D eigenvalue weighted by atomic mass is 15.1. The van der Waals surface area contributed by atoms with Crippen LogP contribution in [0.15, 0.2) is 18.5 Å². The van der Waals surface area contributed by atoms with Crippen LogP contribution in [0, 0.1) is 13.8 Å². The molecule has 0 aliphatic heterocycles. The number of hydrogen-bond donors (Lipinski definition) is 0. The van der Waals surface area contributed by atoms with Crippen LogP contribution < -0.4 is 0 Å². The minimum absolute atomic E-state index is 0.780. The van der Waals surface area contributed by atoms with E-state index in [2.05, 4.69) is 9.97 Å². The van der Waals surface area contributed by atoms with Gasteiger partial charge in [0.05, 0.1) is 6.20 Å². The first kappa shape index (κ1) is 9.71. The molecule has 0 aromatic carbocycles. The first-order valence-corrected chi connectivity index (χ1v) is 4.55. The van der Waals surface area contributed by atoms with Crippen molar-refractivity contribution < 1.29 is 0 Å². The molecule has 0 atom stereocenters. The van der Waals surface area contributed by atoms with Crippen molar-refractivity contribution in [1.82, 2.24) is 14.4 Å². The van der Waals surface area contributed by atoms with Gasteiger partial charge >= 0.3 is 0 Å². The molecule has 0 amide bonds. The third-order valence-corrected chi connectivity index (χ3v) is 1.70. The highest BCUT2D eigenvalue weighted by molar-refractivity contribution is 5.31. The molecule has 2 aromatic heterocycles. The Kier molecular flexibility index (Phi) is 3.01. The van der Waals surface area contributed by atoms with Gasteiger partial charge in [-0.3, -0.25) is 4.40 Å². The molecule has 0 spiro atoms. The van der Waals surface area contributed by atoms with Crippen LogP contribution in [-0.2, 0) is 0 Å². The lowest BCUT2D eigenvalue weighted by atomic mass is 10.4. The molecule has 70 valence electrons. The van der Waals surface area contributed by atoms with Gasteiger partial charge in [-0.2, -0.15) is 0 Å². The van der Waals surface area contributed by atoms with Crippen LogP contribution in [-0.4, -0.2) is 14.4 Å². The fraction of sp³-hybridized carbons (Fsp3) is 0.400. The first-order valence-electron chi connectivity index (χ1n) is 4.55. The van der Waals surface area contributed by atoms with E-state index in [0.717, 1.165) is 17.2 Å². The molecule has 3 nitrogen and oxygen atoms in total. The van der Waals surface area contributed by atoms with Crippen molar-refractivity contribution >= 4 is 5.78 Å². The Balaban J connectivity index is 0.000000396. The Morgan fingerprint density at radius 2 is 1.92 bits per heavy atom. The van der Waals surface area contributed by atoms with E-state index in [0.29, 0.717) is 0 Å². The zero-order valence-corrected chi connectivity index (χ0v) is 8.57. The average Bonchev–Trinajstić information content (AvgIpc) is 2.51. The van der Waals surface area contributed by atoms with Crippen LogP contribution in [0.3, 0.4) is 0 Å². The number of nitrogens with zero attached hydrogens (tertiary/aromatic N) is 3. The molecular weight excluding hydrogens is 162 g/mol. The van der Waals surface area contributed by atoms with E-state index in [4.69, 9.17) is 0 Å². The number of fused-ring (bicyclic) bond motifs is 1. The van der Waals surface area contributed by atoms with E-state index in [9.17, 15) is 0 Å². The number of imidazole rings is 1. The van der Waals surface area contributed by atoms with Crippen LogP contribution in [0.1, 0.15) is 25.2 Å². The number of aryl methyl sites for hydroxylation is 2. The summed E-state index contributed by atoms with van der Waals surface area (Å²) in [5.41, 5.74) is 2.12. The molecule has 0 radical (unpaired) electrons. The zero-order chi connectivity index (χ0) is 9.84. The third kappa shape index (κ3) is 1.86. The maximum absolute atomic E-state index is 4.25. The van der Waals surface area contributed by atoms with Crippen molar-refractivity contribution in [2.75, 3.05) is 0 Å². The third-order valence-electron chi connectivity index (χ3n) is 1.70. The molecule has 0 fully saturated rings. The summed E-state index contributed by atoms with van der Waals surface area (Å²) < 4.78 is 1.97. The predicted octanol–water partition coefficient (Wildman–Crippen LogP) is 2.37. The van der Waals surface area contributed by atoms with Gasteiger partial charge in [-0.05, 0) is 19.9 Å². The molecule has 0 aliphatic rings. The van der Waals surface area contributed by atoms with Crippen LogP contribution in [0.2, 0.25) is 0 Å². The Morgan fingerprint density at radius 3 is 2.62 bits per heavy atom. The summed E-state index contributed by atoms with van der Waals surface area (Å²) >= 11 is 0. The molecule has 2 heterocycles. The van der Waals surface area contributed by atoms with Gasteiger partial charge in [0, 0.05) is 17.6 Å². The molecule has 0 unspecified atom stereocenters. The molecule has 0 aliphatic carbocycles. The number of hydrogen-bond acceptors (Lipinski definition) is 2. The fourth-order valence-corrected chi connectivity index (χ4v) is 1.08. The highest BCUT2D eigenvalue weighted by Gasteiger charge is 1.97. The van der Waals surface area contributed by atoms with Gasteiger partial charge in [-0.25, -0.2) is 9.97 Å². The molecule has 0 N–H and O–H groups in total. The average molecular weight is 177 g/mol. The second-order valence-electron chi connectivity index (χ2n) is 2.64. The topological polar surface area (TPSA) is 30.2 Å². The van der Waals surface area contributed by atoms with Crippen LogP contribution >= 0.6 is 0 Å². The summed E-state index contributed by atoms with van der Waals surface area (Å²) in [4.78, 5) is 8.38. The van der Waals surface area contributed by atoms with Gasteiger partial charge in [-0.1, -0.05) is 13.8 Å². The molecule has 0 saturated carbocycles. The second-order valence-corrected chi connectivity index (χ2v) is 2.64. The maximum Gasteiger partial charge on any atom is 0.234 e. The number of aromatic nitrogens is 3. The Morgan fingerprint density at radius 1 is 1.23 bits per heavy atom.